The first-order valence-electron chi connectivity index (χ1n) is 7.73. The minimum absolute atomic E-state index is 0.0439. The van der Waals surface area contributed by atoms with Crippen molar-refractivity contribution in [2.24, 2.45) is 0 Å². The predicted molar refractivity (Wildman–Crippen MR) is 88.9 cm³/mol. The zero-order valence-corrected chi connectivity index (χ0v) is 14.8. The summed E-state index contributed by atoms with van der Waals surface area (Å²) in [5, 5.41) is 2.77. The van der Waals surface area contributed by atoms with E-state index in [9.17, 15) is 9.59 Å². The minimum atomic E-state index is -0.646. The summed E-state index contributed by atoms with van der Waals surface area (Å²) in [6, 6.07) is 2.99. The van der Waals surface area contributed by atoms with Crippen LogP contribution < -0.4 is 19.5 Å². The normalized spacial score (nSPS) is 11.4. The van der Waals surface area contributed by atoms with Gasteiger partial charge >= 0.3 is 5.97 Å². The van der Waals surface area contributed by atoms with E-state index in [2.05, 4.69) is 5.32 Å². The van der Waals surface area contributed by atoms with E-state index in [-0.39, 0.29) is 24.1 Å². The second-order valence-corrected chi connectivity index (χ2v) is 5.25. The monoisotopic (exact) mass is 339 g/mol. The highest BCUT2D eigenvalue weighted by Gasteiger charge is 2.18. The lowest BCUT2D eigenvalue weighted by Crippen LogP contribution is -2.35. The molecular formula is C17H25NO6. The molecule has 1 amide bonds. The van der Waals surface area contributed by atoms with Gasteiger partial charge in [-0.05, 0) is 25.5 Å². The molecule has 0 heterocycles. The maximum absolute atomic E-state index is 12.1. The summed E-state index contributed by atoms with van der Waals surface area (Å²) in [5.41, 5.74) is 0.207. The van der Waals surface area contributed by atoms with Crippen LogP contribution in [0.1, 0.15) is 37.0 Å². The standard InChI is InChI=1S/C17H25NO6/c1-6-7-11(2)18-15(19)10-24-17(20)12-8-13(21-3)16(23-5)14(9-12)22-4/h8-9,11H,6-7,10H2,1-5H3,(H,18,19)/t11-/m1/s1. The summed E-state index contributed by atoms with van der Waals surface area (Å²) in [4.78, 5) is 23.9. The SMILES string of the molecule is CCC[C@@H](C)NC(=O)COC(=O)c1cc(OC)c(OC)c(OC)c1. The molecule has 0 saturated heterocycles. The van der Waals surface area contributed by atoms with E-state index in [1.54, 1.807) is 0 Å². The average Bonchev–Trinajstić information content (AvgIpc) is 2.58. The van der Waals surface area contributed by atoms with E-state index in [4.69, 9.17) is 18.9 Å². The van der Waals surface area contributed by atoms with Crippen LogP contribution in [0.3, 0.4) is 0 Å². The molecule has 1 rings (SSSR count). The molecule has 0 bridgehead atoms. The van der Waals surface area contributed by atoms with Gasteiger partial charge in [0.15, 0.2) is 18.1 Å². The van der Waals surface area contributed by atoms with Gasteiger partial charge in [-0.3, -0.25) is 4.79 Å². The van der Waals surface area contributed by atoms with Crippen LogP contribution >= 0.6 is 0 Å². The first-order valence-corrected chi connectivity index (χ1v) is 7.73. The van der Waals surface area contributed by atoms with E-state index in [0.717, 1.165) is 12.8 Å². The van der Waals surface area contributed by atoms with Crippen molar-refractivity contribution in [3.63, 3.8) is 0 Å². The Morgan fingerprint density at radius 2 is 1.67 bits per heavy atom. The number of carbonyl (C=O) groups excluding carboxylic acids is 2. The van der Waals surface area contributed by atoms with Crippen LogP contribution in [0.2, 0.25) is 0 Å². The van der Waals surface area contributed by atoms with Crippen molar-refractivity contribution in [3.8, 4) is 17.2 Å². The van der Waals surface area contributed by atoms with Crippen LogP contribution in [0.4, 0.5) is 0 Å². The third kappa shape index (κ3) is 5.33. The van der Waals surface area contributed by atoms with Gasteiger partial charge < -0.3 is 24.3 Å². The lowest BCUT2D eigenvalue weighted by Gasteiger charge is -2.14. The van der Waals surface area contributed by atoms with Crippen LogP contribution in [0.5, 0.6) is 17.2 Å². The Bertz CT molecular complexity index is 547. The van der Waals surface area contributed by atoms with Crippen molar-refractivity contribution in [3.05, 3.63) is 17.7 Å². The van der Waals surface area contributed by atoms with Crippen molar-refractivity contribution < 1.29 is 28.5 Å². The molecule has 1 N–H and O–H groups in total. The molecule has 1 aromatic carbocycles. The molecule has 24 heavy (non-hydrogen) atoms. The van der Waals surface area contributed by atoms with Crippen LogP contribution in [-0.4, -0.2) is 45.9 Å². The van der Waals surface area contributed by atoms with E-state index < -0.39 is 5.97 Å². The Morgan fingerprint density at radius 3 is 2.12 bits per heavy atom. The van der Waals surface area contributed by atoms with E-state index in [0.29, 0.717) is 17.2 Å². The maximum Gasteiger partial charge on any atom is 0.338 e. The topological polar surface area (TPSA) is 83.1 Å². The van der Waals surface area contributed by atoms with Gasteiger partial charge in [0.25, 0.3) is 5.91 Å². The molecule has 1 aromatic rings. The summed E-state index contributed by atoms with van der Waals surface area (Å²) in [6.45, 7) is 3.60. The smallest absolute Gasteiger partial charge is 0.338 e. The summed E-state index contributed by atoms with van der Waals surface area (Å²) in [5.74, 6) is 0.0709. The van der Waals surface area contributed by atoms with Crippen LogP contribution in [0.15, 0.2) is 12.1 Å². The molecule has 0 aliphatic rings. The minimum Gasteiger partial charge on any atom is -0.493 e. The van der Waals surface area contributed by atoms with Gasteiger partial charge in [0.2, 0.25) is 5.75 Å². The Morgan fingerprint density at radius 1 is 1.08 bits per heavy atom. The lowest BCUT2D eigenvalue weighted by molar-refractivity contribution is -0.124. The predicted octanol–water partition coefficient (Wildman–Crippen LogP) is 2.17. The van der Waals surface area contributed by atoms with Gasteiger partial charge in [0, 0.05) is 6.04 Å². The fourth-order valence-electron chi connectivity index (χ4n) is 2.24. The number of carbonyl (C=O) groups is 2. The van der Waals surface area contributed by atoms with Gasteiger partial charge in [0.1, 0.15) is 0 Å². The van der Waals surface area contributed by atoms with Gasteiger partial charge in [-0.25, -0.2) is 4.79 Å². The first-order chi connectivity index (χ1) is 11.5. The third-order valence-corrected chi connectivity index (χ3v) is 3.36. The molecule has 7 nitrogen and oxygen atoms in total. The van der Waals surface area contributed by atoms with Gasteiger partial charge in [-0.15, -0.1) is 0 Å². The zero-order chi connectivity index (χ0) is 18.1. The highest BCUT2D eigenvalue weighted by atomic mass is 16.5. The van der Waals surface area contributed by atoms with Crippen LogP contribution in [-0.2, 0) is 9.53 Å². The number of rotatable bonds is 9. The number of nitrogens with one attached hydrogen (secondary N) is 1. The average molecular weight is 339 g/mol. The Kier molecular flexibility index (Phi) is 7.88. The fraction of sp³-hybridized carbons (Fsp3) is 0.529. The molecule has 0 aliphatic heterocycles. The number of esters is 1. The van der Waals surface area contributed by atoms with Gasteiger partial charge in [0.05, 0.1) is 26.9 Å². The van der Waals surface area contributed by atoms with Crippen LogP contribution in [0, 0.1) is 0 Å². The fourth-order valence-corrected chi connectivity index (χ4v) is 2.24. The molecule has 134 valence electrons. The van der Waals surface area contributed by atoms with Crippen molar-refractivity contribution in [1.82, 2.24) is 5.32 Å². The Balaban J connectivity index is 2.76. The molecular weight excluding hydrogens is 314 g/mol. The number of hydrogen-bond acceptors (Lipinski definition) is 6. The Hall–Kier alpha value is -2.44. The molecule has 0 aromatic heterocycles. The second-order valence-electron chi connectivity index (χ2n) is 5.25. The molecule has 1 atom stereocenters. The summed E-state index contributed by atoms with van der Waals surface area (Å²) in [6.07, 6.45) is 1.83. The molecule has 0 fully saturated rings. The number of methoxy groups -OCH3 is 3. The number of benzene rings is 1. The molecule has 0 unspecified atom stereocenters. The highest BCUT2D eigenvalue weighted by Crippen LogP contribution is 2.38. The van der Waals surface area contributed by atoms with E-state index in [1.165, 1.54) is 33.5 Å². The largest absolute Gasteiger partial charge is 0.493 e. The number of hydrogen-bond donors (Lipinski definition) is 1. The Labute approximate surface area is 142 Å². The second kappa shape index (κ2) is 9.64. The van der Waals surface area contributed by atoms with E-state index in [1.807, 2.05) is 13.8 Å². The molecule has 0 radical (unpaired) electrons. The zero-order valence-electron chi connectivity index (χ0n) is 14.8. The number of ether oxygens (including phenoxy) is 4. The molecule has 7 heteroatoms. The molecule has 0 aliphatic carbocycles. The van der Waals surface area contributed by atoms with Crippen molar-refractivity contribution in [2.45, 2.75) is 32.7 Å². The van der Waals surface area contributed by atoms with Crippen LogP contribution in [0.25, 0.3) is 0 Å². The van der Waals surface area contributed by atoms with Gasteiger partial charge in [-0.2, -0.15) is 0 Å². The molecule has 0 spiro atoms. The first kappa shape index (κ1) is 19.6. The number of amides is 1. The summed E-state index contributed by atoms with van der Waals surface area (Å²) < 4.78 is 20.6. The maximum atomic E-state index is 12.1. The lowest BCUT2D eigenvalue weighted by atomic mass is 10.2. The van der Waals surface area contributed by atoms with Crippen molar-refractivity contribution in [2.75, 3.05) is 27.9 Å². The highest BCUT2D eigenvalue weighted by molar-refractivity contribution is 5.92. The van der Waals surface area contributed by atoms with Gasteiger partial charge in [-0.1, -0.05) is 13.3 Å². The molecule has 0 saturated carbocycles. The van der Waals surface area contributed by atoms with Crippen molar-refractivity contribution >= 4 is 11.9 Å². The van der Waals surface area contributed by atoms with E-state index >= 15 is 0 Å². The van der Waals surface area contributed by atoms with Crippen molar-refractivity contribution in [1.29, 1.82) is 0 Å². The third-order valence-electron chi connectivity index (χ3n) is 3.36. The summed E-state index contributed by atoms with van der Waals surface area (Å²) >= 11 is 0. The quantitative estimate of drug-likeness (QED) is 0.694. The summed E-state index contributed by atoms with van der Waals surface area (Å²) in [7, 11) is 4.38.